The van der Waals surface area contributed by atoms with Crippen LogP contribution in [0, 0.1) is 0 Å². The number of aliphatic hydroxyl groups excluding tert-OH is 1. The van der Waals surface area contributed by atoms with Gasteiger partial charge in [-0.3, -0.25) is 4.79 Å². The van der Waals surface area contributed by atoms with Gasteiger partial charge in [-0.2, -0.15) is 0 Å². The van der Waals surface area contributed by atoms with Gasteiger partial charge in [0.15, 0.2) is 0 Å². The van der Waals surface area contributed by atoms with Crippen molar-refractivity contribution in [2.24, 2.45) is 0 Å². The summed E-state index contributed by atoms with van der Waals surface area (Å²) in [5.41, 5.74) is 2.65. The molecule has 0 spiro atoms. The molecule has 1 amide bonds. The van der Waals surface area contributed by atoms with Crippen molar-refractivity contribution in [2.45, 2.75) is 84.3 Å². The third kappa shape index (κ3) is 10.5. The van der Waals surface area contributed by atoms with Gasteiger partial charge in [0.2, 0.25) is 5.91 Å². The fourth-order valence-electron chi connectivity index (χ4n) is 4.48. The van der Waals surface area contributed by atoms with E-state index < -0.39 is 17.5 Å². The van der Waals surface area contributed by atoms with E-state index in [9.17, 15) is 19.4 Å². The third-order valence-electron chi connectivity index (χ3n) is 6.51. The van der Waals surface area contributed by atoms with Crippen LogP contribution in [0.2, 0.25) is 0 Å². The van der Waals surface area contributed by atoms with Gasteiger partial charge in [0.25, 0.3) is 0 Å². The highest BCUT2D eigenvalue weighted by Crippen LogP contribution is 2.31. The van der Waals surface area contributed by atoms with Crippen LogP contribution >= 0.6 is 0 Å². The molecule has 6 heteroatoms. The molecule has 0 aliphatic carbocycles. The number of hydrogen-bond acceptors (Lipinski definition) is 4. The summed E-state index contributed by atoms with van der Waals surface area (Å²) in [6.45, 7) is 17.0. The number of nitrogens with one attached hydrogen (secondary N) is 1. The zero-order valence-electron chi connectivity index (χ0n) is 22.1. The van der Waals surface area contributed by atoms with E-state index in [0.29, 0.717) is 44.3 Å². The Bertz CT molecular complexity index is 856. The number of hydrogen-bond donors (Lipinski definition) is 3. The number of β-amino-alcohol motifs (C(OH)–C–C–N with tert-alkyl or cyclic N) is 1. The quantitative estimate of drug-likeness (QED) is 0.274. The molecule has 0 aromatic rings. The van der Waals surface area contributed by atoms with Crippen molar-refractivity contribution in [3.63, 3.8) is 0 Å². The highest BCUT2D eigenvalue weighted by molar-refractivity contribution is 5.80. The minimum Gasteiger partial charge on any atom is -0.391 e. The first-order valence-electron chi connectivity index (χ1n) is 12.8. The number of halogens is 1. The first-order valence-corrected chi connectivity index (χ1v) is 12.8. The summed E-state index contributed by atoms with van der Waals surface area (Å²) in [5.74, 6) is -0.389. The molecule has 5 nitrogen and oxygen atoms in total. The molecule has 2 unspecified atom stereocenters. The molecule has 3 N–H and O–H groups in total. The summed E-state index contributed by atoms with van der Waals surface area (Å²) in [7, 11) is 0. The van der Waals surface area contributed by atoms with Crippen LogP contribution in [-0.4, -0.2) is 52.4 Å². The molecule has 2 aliphatic rings. The molecule has 2 atom stereocenters. The van der Waals surface area contributed by atoms with Crippen molar-refractivity contribution in [1.29, 1.82) is 0 Å². The Labute approximate surface area is 211 Å². The Morgan fingerprint density at radius 2 is 1.94 bits per heavy atom. The van der Waals surface area contributed by atoms with E-state index in [0.717, 1.165) is 42.7 Å². The lowest BCUT2D eigenvalue weighted by Gasteiger charge is -2.28. The smallest absolute Gasteiger partial charge is 0.224 e. The summed E-state index contributed by atoms with van der Waals surface area (Å²) < 4.78 is 13.8. The van der Waals surface area contributed by atoms with Gasteiger partial charge in [-0.05, 0) is 88.3 Å². The zero-order valence-corrected chi connectivity index (χ0v) is 22.1. The number of carbonyl (C=O) groups is 1. The topological polar surface area (TPSA) is 72.8 Å². The van der Waals surface area contributed by atoms with Gasteiger partial charge in [-0.1, -0.05) is 44.7 Å². The van der Waals surface area contributed by atoms with Crippen molar-refractivity contribution < 1.29 is 19.4 Å². The number of rotatable bonds is 10. The largest absolute Gasteiger partial charge is 0.391 e. The van der Waals surface area contributed by atoms with Crippen LogP contribution in [0.4, 0.5) is 4.39 Å². The predicted molar refractivity (Wildman–Crippen MR) is 143 cm³/mol. The average molecular weight is 489 g/mol. The second kappa shape index (κ2) is 15.7. The van der Waals surface area contributed by atoms with Gasteiger partial charge in [0.05, 0.1) is 11.7 Å². The van der Waals surface area contributed by atoms with E-state index in [-0.39, 0.29) is 5.91 Å². The molecule has 0 aromatic carbocycles. The van der Waals surface area contributed by atoms with E-state index in [1.54, 1.807) is 13.0 Å². The van der Waals surface area contributed by atoms with Crippen LogP contribution in [0.15, 0.2) is 71.8 Å². The van der Waals surface area contributed by atoms with Crippen LogP contribution in [0.5, 0.6) is 0 Å². The molecular formula is C29H45FN2O3. The van der Waals surface area contributed by atoms with E-state index in [2.05, 4.69) is 29.5 Å². The molecule has 0 saturated carbocycles. The lowest BCUT2D eigenvalue weighted by molar-refractivity contribution is -0.120. The lowest BCUT2D eigenvalue weighted by atomic mass is 9.87. The van der Waals surface area contributed by atoms with Crippen molar-refractivity contribution in [3.8, 4) is 0 Å². The van der Waals surface area contributed by atoms with Crippen LogP contribution in [0.25, 0.3) is 0 Å². The fraction of sp³-hybridized carbons (Fsp3) is 0.552. The Morgan fingerprint density at radius 3 is 2.60 bits per heavy atom. The molecule has 196 valence electrons. The molecule has 1 fully saturated rings. The Kier molecular flexibility index (Phi) is 13.8. The van der Waals surface area contributed by atoms with Crippen molar-refractivity contribution in [2.75, 3.05) is 19.6 Å². The molecule has 2 aliphatic heterocycles. The van der Waals surface area contributed by atoms with Gasteiger partial charge < -0.3 is 20.4 Å². The highest BCUT2D eigenvalue weighted by atomic mass is 19.1. The maximum absolute atomic E-state index is 13.8. The third-order valence-corrected chi connectivity index (χ3v) is 6.51. The first-order chi connectivity index (χ1) is 16.7. The molecule has 1 saturated heterocycles. The molecule has 0 aromatic heterocycles. The molecule has 35 heavy (non-hydrogen) atoms. The number of aliphatic hydroxyl groups is 2. The van der Waals surface area contributed by atoms with Crippen molar-refractivity contribution in [1.82, 2.24) is 10.2 Å². The van der Waals surface area contributed by atoms with E-state index in [4.69, 9.17) is 0 Å². The molecule has 0 radical (unpaired) electrons. The second-order valence-electron chi connectivity index (χ2n) is 9.18. The number of allylic oxidation sites excluding steroid dienone is 7. The molecule has 0 bridgehead atoms. The number of carbonyl (C=O) groups excluding carboxylic acids is 1. The van der Waals surface area contributed by atoms with Gasteiger partial charge in [-0.15, -0.1) is 0 Å². The van der Waals surface area contributed by atoms with Crippen molar-refractivity contribution in [3.05, 3.63) is 71.8 Å². The maximum Gasteiger partial charge on any atom is 0.224 e. The molecule has 2 rings (SSSR count). The van der Waals surface area contributed by atoms with Crippen LogP contribution in [0.3, 0.4) is 0 Å². The van der Waals surface area contributed by atoms with Crippen molar-refractivity contribution >= 4 is 5.91 Å². The van der Waals surface area contributed by atoms with Crippen LogP contribution in [0.1, 0.15) is 72.6 Å². The van der Waals surface area contributed by atoms with Gasteiger partial charge in [0.1, 0.15) is 5.83 Å². The van der Waals surface area contributed by atoms with E-state index in [1.165, 1.54) is 18.2 Å². The second-order valence-corrected chi connectivity index (χ2v) is 9.18. The Balaban J connectivity index is 0.00000298. The highest BCUT2D eigenvalue weighted by Gasteiger charge is 2.32. The average Bonchev–Trinajstić information content (AvgIpc) is 3.01. The SMILES string of the molecule is C=C/C=C(F)\C=C(/C)C1(O)CCCN(CC(O)C/C(C)=C/CC2=C(C=C)NC(=O)CC2)CC1.CC. The minimum atomic E-state index is -1.03. The van der Waals surface area contributed by atoms with Gasteiger partial charge >= 0.3 is 0 Å². The summed E-state index contributed by atoms with van der Waals surface area (Å²) in [6.07, 6.45) is 11.7. The van der Waals surface area contributed by atoms with E-state index >= 15 is 0 Å². The first kappa shape index (κ1) is 30.8. The van der Waals surface area contributed by atoms with Gasteiger partial charge in [-0.25, -0.2) is 4.39 Å². The van der Waals surface area contributed by atoms with E-state index in [1.807, 2.05) is 20.8 Å². The Hall–Kier alpha value is -2.28. The zero-order chi connectivity index (χ0) is 26.4. The summed E-state index contributed by atoms with van der Waals surface area (Å²) in [6, 6.07) is 0. The monoisotopic (exact) mass is 488 g/mol. The number of likely N-dealkylation sites (tertiary alicyclic amines) is 1. The number of amides is 1. The summed E-state index contributed by atoms with van der Waals surface area (Å²) >= 11 is 0. The molecule has 2 heterocycles. The Morgan fingerprint density at radius 1 is 1.23 bits per heavy atom. The summed E-state index contributed by atoms with van der Waals surface area (Å²) in [5, 5.41) is 24.6. The standard InChI is InChI=1S/C27H39FN2O3.C2H6/c1-5-8-23(28)18-21(4)27(33)13-7-15-30(16-14-27)19-24(31)17-20(3)9-10-22-11-12-26(32)29-25(22)6-2;1-2/h5-6,8-9,18,24,31,33H,1-2,7,10-17,19H2,3-4H3,(H,29,32);1-2H3/b20-9+,21-18+,23-8+;. The number of nitrogens with zero attached hydrogens (tertiary/aromatic N) is 1. The van der Waals surface area contributed by atoms with Crippen LogP contribution < -0.4 is 5.32 Å². The lowest BCUT2D eigenvalue weighted by Crippen LogP contribution is -2.35. The fourth-order valence-corrected chi connectivity index (χ4v) is 4.48. The van der Waals surface area contributed by atoms with Gasteiger partial charge in [0, 0.05) is 25.2 Å². The summed E-state index contributed by atoms with van der Waals surface area (Å²) in [4.78, 5) is 13.7. The minimum absolute atomic E-state index is 0.0261. The normalized spacial score (nSPS) is 23.6. The molecular weight excluding hydrogens is 443 g/mol. The predicted octanol–water partition coefficient (Wildman–Crippen LogP) is 5.65. The van der Waals surface area contributed by atoms with Crippen LogP contribution in [-0.2, 0) is 4.79 Å². The maximum atomic E-state index is 13.8.